The highest BCUT2D eigenvalue weighted by Crippen LogP contribution is 2.14. The Morgan fingerprint density at radius 2 is 1.38 bits per heavy atom. The molecule has 7 heteroatoms. The molecule has 0 amide bonds. The van der Waals surface area contributed by atoms with Gasteiger partial charge in [-0.1, -0.05) is 60.7 Å². The Balaban J connectivity index is 2.21. The van der Waals surface area contributed by atoms with Crippen molar-refractivity contribution in [1.82, 2.24) is 0 Å². The number of ketones is 1. The van der Waals surface area contributed by atoms with Crippen LogP contribution in [0.4, 0.5) is 0 Å². The molecule has 7 nitrogen and oxygen atoms in total. The minimum absolute atomic E-state index is 0.0379. The van der Waals surface area contributed by atoms with Crippen molar-refractivity contribution in [2.24, 2.45) is 0 Å². The topological polar surface area (TPSA) is 121 Å². The molecule has 0 radical (unpaired) electrons. The normalized spacial score (nSPS) is 14.1. The Kier molecular flexibility index (Phi) is 6.60. The van der Waals surface area contributed by atoms with Gasteiger partial charge in [0.1, 0.15) is 0 Å². The van der Waals surface area contributed by atoms with E-state index in [4.69, 9.17) is 9.84 Å². The van der Waals surface area contributed by atoms with Gasteiger partial charge in [-0.05, 0) is 5.56 Å². The van der Waals surface area contributed by atoms with Gasteiger partial charge in [0.2, 0.25) is 5.78 Å². The van der Waals surface area contributed by atoms with E-state index >= 15 is 0 Å². The van der Waals surface area contributed by atoms with Gasteiger partial charge >= 0.3 is 11.9 Å². The summed E-state index contributed by atoms with van der Waals surface area (Å²) >= 11 is 0. The van der Waals surface area contributed by atoms with Gasteiger partial charge in [-0.15, -0.1) is 0 Å². The summed E-state index contributed by atoms with van der Waals surface area (Å²) in [5, 5.41) is 27.6. The molecule has 0 bridgehead atoms. The zero-order chi connectivity index (χ0) is 19.1. The highest BCUT2D eigenvalue weighted by molar-refractivity contribution is 6.00. The summed E-state index contributed by atoms with van der Waals surface area (Å²) in [5.74, 6) is -3.66. The molecule has 0 aliphatic rings. The van der Waals surface area contributed by atoms with Crippen LogP contribution < -0.4 is 0 Å². The molecule has 3 atom stereocenters. The molecule has 26 heavy (non-hydrogen) atoms. The number of benzene rings is 2. The predicted octanol–water partition coefficient (Wildman–Crippen LogP) is 0.830. The van der Waals surface area contributed by atoms with Crippen LogP contribution in [-0.4, -0.2) is 51.4 Å². The predicted molar refractivity (Wildman–Crippen MR) is 90.4 cm³/mol. The molecule has 1 unspecified atom stereocenters. The van der Waals surface area contributed by atoms with Crippen molar-refractivity contribution in [3.05, 3.63) is 71.8 Å². The van der Waals surface area contributed by atoms with Crippen LogP contribution in [0.15, 0.2) is 60.7 Å². The van der Waals surface area contributed by atoms with Crippen molar-refractivity contribution in [2.75, 3.05) is 0 Å². The number of ether oxygens (including phenoxy) is 1. The van der Waals surface area contributed by atoms with Gasteiger partial charge in [0.15, 0.2) is 18.3 Å². The maximum absolute atomic E-state index is 12.7. The zero-order valence-corrected chi connectivity index (χ0v) is 13.7. The van der Waals surface area contributed by atoms with Crippen LogP contribution in [0.5, 0.6) is 0 Å². The summed E-state index contributed by atoms with van der Waals surface area (Å²) in [6.45, 7) is 0. The average Bonchev–Trinajstić information content (AvgIpc) is 2.67. The second-order valence-electron chi connectivity index (χ2n) is 5.57. The minimum Gasteiger partial charge on any atom is -0.479 e. The lowest BCUT2D eigenvalue weighted by molar-refractivity contribution is -0.171. The third-order valence-electron chi connectivity index (χ3n) is 3.67. The molecule has 0 saturated heterocycles. The Morgan fingerprint density at radius 1 is 0.846 bits per heavy atom. The largest absolute Gasteiger partial charge is 0.479 e. The molecule has 0 saturated carbocycles. The quantitative estimate of drug-likeness (QED) is 0.472. The lowest BCUT2D eigenvalue weighted by Crippen LogP contribution is -2.43. The fourth-order valence-corrected chi connectivity index (χ4v) is 2.28. The fourth-order valence-electron chi connectivity index (χ4n) is 2.28. The third kappa shape index (κ3) is 4.98. The van der Waals surface area contributed by atoms with Gasteiger partial charge in [0.25, 0.3) is 0 Å². The Morgan fingerprint density at radius 3 is 1.92 bits per heavy atom. The van der Waals surface area contributed by atoms with Gasteiger partial charge < -0.3 is 20.1 Å². The number of aliphatic hydroxyl groups is 2. The van der Waals surface area contributed by atoms with Crippen molar-refractivity contribution in [3.8, 4) is 0 Å². The van der Waals surface area contributed by atoms with Crippen LogP contribution in [0.3, 0.4) is 0 Å². The highest BCUT2D eigenvalue weighted by atomic mass is 16.6. The molecule has 2 aromatic rings. The van der Waals surface area contributed by atoms with Gasteiger partial charge in [0, 0.05) is 12.0 Å². The lowest BCUT2D eigenvalue weighted by Gasteiger charge is -2.20. The van der Waals surface area contributed by atoms with E-state index in [2.05, 4.69) is 0 Å². The smallest absolute Gasteiger partial charge is 0.339 e. The van der Waals surface area contributed by atoms with Gasteiger partial charge in [-0.25, -0.2) is 9.59 Å². The average molecular weight is 358 g/mol. The summed E-state index contributed by atoms with van der Waals surface area (Å²) in [6.07, 6.45) is -5.88. The third-order valence-corrected chi connectivity index (χ3v) is 3.67. The number of carboxylic acid groups (broad SMARTS) is 1. The van der Waals surface area contributed by atoms with E-state index < -0.39 is 36.0 Å². The first-order valence-corrected chi connectivity index (χ1v) is 7.82. The number of carbonyl (C=O) groups excluding carboxylic acids is 2. The van der Waals surface area contributed by atoms with Crippen LogP contribution >= 0.6 is 0 Å². The summed E-state index contributed by atoms with van der Waals surface area (Å²) in [6, 6.07) is 16.9. The standard InChI is InChI=1S/C19H18O7/c20-15(13-9-5-2-6-10-13)14(11-12-7-3-1-4-8-12)26-19(25)17(22)16(21)18(23)24/h1-10,14,16-17,21-22H,11H2,(H,23,24)/t14?,16-,17-/m1/s1. The van der Waals surface area contributed by atoms with Crippen LogP contribution in [0.2, 0.25) is 0 Å². The molecule has 0 heterocycles. The molecule has 0 spiro atoms. The van der Waals surface area contributed by atoms with Crippen LogP contribution in [0.25, 0.3) is 0 Å². The molecule has 136 valence electrons. The van der Waals surface area contributed by atoms with Gasteiger partial charge in [-0.2, -0.15) is 0 Å². The van der Waals surface area contributed by atoms with Crippen LogP contribution in [0, 0.1) is 0 Å². The van der Waals surface area contributed by atoms with E-state index in [1.165, 1.54) is 0 Å². The number of aliphatic hydroxyl groups excluding tert-OH is 2. The van der Waals surface area contributed by atoms with Crippen LogP contribution in [0.1, 0.15) is 15.9 Å². The Hall–Kier alpha value is -3.03. The number of aliphatic carboxylic acids is 1. The second-order valence-corrected chi connectivity index (χ2v) is 5.57. The SMILES string of the molecule is O=C(c1ccccc1)C(Cc1ccccc1)OC(=O)[C@H](O)[C@@H](O)C(=O)O. The van der Waals surface area contributed by atoms with E-state index in [0.717, 1.165) is 0 Å². The summed E-state index contributed by atoms with van der Waals surface area (Å²) in [7, 11) is 0. The molecular formula is C19H18O7. The first-order chi connectivity index (χ1) is 12.4. The number of hydrogen-bond donors (Lipinski definition) is 3. The van der Waals surface area contributed by atoms with E-state index in [1.807, 2.05) is 0 Å². The monoisotopic (exact) mass is 358 g/mol. The summed E-state index contributed by atoms with van der Waals surface area (Å²) in [4.78, 5) is 35.3. The molecule has 2 aromatic carbocycles. The first-order valence-electron chi connectivity index (χ1n) is 7.82. The molecule has 0 aliphatic heterocycles. The minimum atomic E-state index is -2.34. The maximum atomic E-state index is 12.7. The molecule has 0 fully saturated rings. The maximum Gasteiger partial charge on any atom is 0.339 e. The number of carbonyl (C=O) groups is 3. The van der Waals surface area contributed by atoms with Gasteiger partial charge in [-0.3, -0.25) is 4.79 Å². The lowest BCUT2D eigenvalue weighted by atomic mass is 9.99. The summed E-state index contributed by atoms with van der Waals surface area (Å²) in [5.41, 5.74) is 1.01. The number of esters is 1. The summed E-state index contributed by atoms with van der Waals surface area (Å²) < 4.78 is 5.04. The molecule has 0 aromatic heterocycles. The van der Waals surface area contributed by atoms with Crippen LogP contribution in [-0.2, 0) is 20.7 Å². The van der Waals surface area contributed by atoms with Crippen molar-refractivity contribution >= 4 is 17.7 Å². The van der Waals surface area contributed by atoms with Crippen molar-refractivity contribution < 1.29 is 34.4 Å². The molecular weight excluding hydrogens is 340 g/mol. The van der Waals surface area contributed by atoms with E-state index in [0.29, 0.717) is 11.1 Å². The van der Waals surface area contributed by atoms with Crippen molar-refractivity contribution in [1.29, 1.82) is 0 Å². The first kappa shape index (κ1) is 19.3. The molecule has 3 N–H and O–H groups in total. The molecule has 0 aliphatic carbocycles. The van der Waals surface area contributed by atoms with Gasteiger partial charge in [0.05, 0.1) is 0 Å². The zero-order valence-electron chi connectivity index (χ0n) is 13.7. The van der Waals surface area contributed by atoms with Crippen molar-refractivity contribution in [3.63, 3.8) is 0 Å². The number of rotatable bonds is 8. The second kappa shape index (κ2) is 8.89. The van der Waals surface area contributed by atoms with E-state index in [1.54, 1.807) is 60.7 Å². The highest BCUT2D eigenvalue weighted by Gasteiger charge is 2.34. The van der Waals surface area contributed by atoms with Crippen molar-refractivity contribution in [2.45, 2.75) is 24.7 Å². The van der Waals surface area contributed by atoms with E-state index in [9.17, 15) is 24.6 Å². The number of hydrogen-bond acceptors (Lipinski definition) is 6. The Labute approximate surface area is 149 Å². The molecule has 2 rings (SSSR count). The number of Topliss-reactive ketones (excluding diaryl/α,β-unsaturated/α-hetero) is 1. The number of carboxylic acids is 1. The fraction of sp³-hybridized carbons (Fsp3) is 0.211. The Bertz CT molecular complexity index is 758. The van der Waals surface area contributed by atoms with E-state index in [-0.39, 0.29) is 6.42 Å².